The van der Waals surface area contributed by atoms with Crippen LogP contribution in [-0.4, -0.2) is 37.0 Å². The maximum absolute atomic E-state index is 11.6. The predicted octanol–water partition coefficient (Wildman–Crippen LogP) is 2.45. The molecule has 1 rings (SSSR count). The fourth-order valence-electron chi connectivity index (χ4n) is 2.03. The minimum absolute atomic E-state index is 0.442. The number of benzene rings is 1. The third kappa shape index (κ3) is 5.29. The molecule has 0 radical (unpaired) electrons. The van der Waals surface area contributed by atoms with E-state index < -0.39 is 11.9 Å². The quantitative estimate of drug-likeness (QED) is 0.774. The van der Waals surface area contributed by atoms with Gasteiger partial charge in [-0.1, -0.05) is 37.0 Å². The summed E-state index contributed by atoms with van der Waals surface area (Å²) in [6.07, 6.45) is 0. The van der Waals surface area contributed by atoms with Crippen LogP contribution in [0.15, 0.2) is 18.2 Å². The number of nitrogens with zero attached hydrogens (tertiary/aromatic N) is 1. The Morgan fingerprint density at radius 1 is 1.25 bits per heavy atom. The molecule has 0 aliphatic carbocycles. The van der Waals surface area contributed by atoms with Crippen molar-refractivity contribution >= 4 is 29.1 Å². The highest BCUT2D eigenvalue weighted by Crippen LogP contribution is 2.23. The first kappa shape index (κ1) is 17.2. The number of rotatable bonds is 8. The Hall–Kier alpha value is -0.810. The molecule has 1 aromatic rings. The second-order valence-electron chi connectivity index (χ2n) is 4.52. The summed E-state index contributed by atoms with van der Waals surface area (Å²) in [4.78, 5) is 13.9. The maximum atomic E-state index is 11.6. The molecule has 20 heavy (non-hydrogen) atoms. The van der Waals surface area contributed by atoms with Crippen molar-refractivity contribution in [3.8, 4) is 0 Å². The fourth-order valence-corrected chi connectivity index (χ4v) is 2.57. The Morgan fingerprint density at radius 3 is 2.25 bits per heavy atom. The van der Waals surface area contributed by atoms with E-state index in [4.69, 9.17) is 28.9 Å². The molecule has 0 saturated heterocycles. The molecule has 0 aromatic heterocycles. The third-order valence-electron chi connectivity index (χ3n) is 3.17. The Kier molecular flexibility index (Phi) is 7.30. The summed E-state index contributed by atoms with van der Waals surface area (Å²) in [6, 6.07) is 4.45. The number of carbonyl (C=O) groups is 1. The predicted molar refractivity (Wildman–Crippen MR) is 84.2 cm³/mol. The van der Waals surface area contributed by atoms with Gasteiger partial charge >= 0.3 is 0 Å². The smallest absolute Gasteiger partial charge is 0.239 e. The van der Waals surface area contributed by atoms with E-state index in [1.807, 2.05) is 0 Å². The summed E-state index contributed by atoms with van der Waals surface area (Å²) in [7, 11) is 0. The Labute approximate surface area is 130 Å². The summed E-state index contributed by atoms with van der Waals surface area (Å²) in [5.74, 6) is -0.442. The normalized spacial score (nSPS) is 12.7. The number of hydrogen-bond acceptors (Lipinski definition) is 3. The lowest BCUT2D eigenvalue weighted by molar-refractivity contribution is -0.120. The first-order valence-corrected chi connectivity index (χ1v) is 7.44. The van der Waals surface area contributed by atoms with E-state index in [0.717, 1.165) is 19.6 Å². The lowest BCUT2D eigenvalue weighted by atomic mass is 10.1. The monoisotopic (exact) mass is 317 g/mol. The van der Waals surface area contributed by atoms with E-state index >= 15 is 0 Å². The van der Waals surface area contributed by atoms with Crippen LogP contribution in [-0.2, 0) is 4.79 Å². The van der Waals surface area contributed by atoms with Crippen LogP contribution in [0.2, 0.25) is 10.0 Å². The van der Waals surface area contributed by atoms with E-state index in [0.29, 0.717) is 22.2 Å². The zero-order valence-corrected chi connectivity index (χ0v) is 13.3. The number of hydrogen-bond donors (Lipinski definition) is 2. The Bertz CT molecular complexity index is 430. The molecule has 0 bridgehead atoms. The molecule has 1 amide bonds. The van der Waals surface area contributed by atoms with Gasteiger partial charge in [0, 0.05) is 23.1 Å². The van der Waals surface area contributed by atoms with Crippen LogP contribution in [0.5, 0.6) is 0 Å². The molecule has 6 heteroatoms. The summed E-state index contributed by atoms with van der Waals surface area (Å²) in [6.45, 7) is 7.67. The van der Waals surface area contributed by atoms with Gasteiger partial charge in [-0.3, -0.25) is 4.79 Å². The molecule has 0 saturated carbocycles. The van der Waals surface area contributed by atoms with Gasteiger partial charge in [0.05, 0.1) is 0 Å². The van der Waals surface area contributed by atoms with Gasteiger partial charge in [-0.15, -0.1) is 0 Å². The van der Waals surface area contributed by atoms with Gasteiger partial charge in [0.2, 0.25) is 5.91 Å². The van der Waals surface area contributed by atoms with E-state index in [1.54, 1.807) is 18.2 Å². The van der Waals surface area contributed by atoms with Crippen LogP contribution < -0.4 is 11.1 Å². The second-order valence-corrected chi connectivity index (χ2v) is 5.39. The molecule has 3 N–H and O–H groups in total. The van der Waals surface area contributed by atoms with Crippen LogP contribution in [0.1, 0.15) is 25.5 Å². The van der Waals surface area contributed by atoms with E-state index in [9.17, 15) is 4.79 Å². The number of halogens is 2. The SMILES string of the molecule is CCN(CC)CCNC(C(N)=O)c1cc(Cl)cc(Cl)c1. The zero-order valence-electron chi connectivity index (χ0n) is 11.8. The fraction of sp³-hybridized carbons (Fsp3) is 0.500. The van der Waals surface area contributed by atoms with Gasteiger partial charge in [0.25, 0.3) is 0 Å². The first-order chi connectivity index (χ1) is 9.47. The minimum atomic E-state index is -0.582. The number of carbonyl (C=O) groups excluding carboxylic acids is 1. The zero-order chi connectivity index (χ0) is 15.1. The van der Waals surface area contributed by atoms with Gasteiger partial charge < -0.3 is 16.0 Å². The highest BCUT2D eigenvalue weighted by Gasteiger charge is 2.18. The summed E-state index contributed by atoms with van der Waals surface area (Å²) >= 11 is 11.9. The largest absolute Gasteiger partial charge is 0.368 e. The van der Waals surface area contributed by atoms with Crippen LogP contribution in [0, 0.1) is 0 Å². The lowest BCUT2D eigenvalue weighted by Crippen LogP contribution is -2.38. The molecule has 0 aliphatic heterocycles. The average Bonchev–Trinajstić information content (AvgIpc) is 2.37. The van der Waals surface area contributed by atoms with Crippen molar-refractivity contribution in [3.05, 3.63) is 33.8 Å². The first-order valence-electron chi connectivity index (χ1n) is 6.69. The van der Waals surface area contributed by atoms with E-state index in [1.165, 1.54) is 0 Å². The van der Waals surface area contributed by atoms with Gasteiger partial charge in [-0.25, -0.2) is 0 Å². The van der Waals surface area contributed by atoms with Crippen molar-refractivity contribution in [2.75, 3.05) is 26.2 Å². The van der Waals surface area contributed by atoms with Crippen molar-refractivity contribution in [1.82, 2.24) is 10.2 Å². The number of amides is 1. The molecule has 112 valence electrons. The van der Waals surface area contributed by atoms with Crippen molar-refractivity contribution in [1.29, 1.82) is 0 Å². The Balaban J connectivity index is 2.72. The van der Waals surface area contributed by atoms with E-state index in [2.05, 4.69) is 24.1 Å². The number of likely N-dealkylation sites (N-methyl/N-ethyl adjacent to an activating group) is 1. The molecule has 0 aliphatic rings. The summed E-state index contributed by atoms with van der Waals surface area (Å²) in [5, 5.41) is 4.14. The summed E-state index contributed by atoms with van der Waals surface area (Å²) in [5.41, 5.74) is 6.14. The van der Waals surface area contributed by atoms with E-state index in [-0.39, 0.29) is 0 Å². The molecule has 1 unspecified atom stereocenters. The van der Waals surface area contributed by atoms with Gasteiger partial charge in [-0.2, -0.15) is 0 Å². The third-order valence-corrected chi connectivity index (χ3v) is 3.61. The minimum Gasteiger partial charge on any atom is -0.368 e. The van der Waals surface area contributed by atoms with Gasteiger partial charge in [-0.05, 0) is 36.9 Å². The molecule has 4 nitrogen and oxygen atoms in total. The van der Waals surface area contributed by atoms with Crippen molar-refractivity contribution in [2.45, 2.75) is 19.9 Å². The molecular formula is C14H21Cl2N3O. The summed E-state index contributed by atoms with van der Waals surface area (Å²) < 4.78 is 0. The maximum Gasteiger partial charge on any atom is 0.239 e. The van der Waals surface area contributed by atoms with Crippen molar-refractivity contribution in [2.24, 2.45) is 5.73 Å². The van der Waals surface area contributed by atoms with Crippen molar-refractivity contribution < 1.29 is 4.79 Å². The van der Waals surface area contributed by atoms with Crippen LogP contribution in [0.3, 0.4) is 0 Å². The van der Waals surface area contributed by atoms with Crippen LogP contribution in [0.4, 0.5) is 0 Å². The molecule has 0 fully saturated rings. The molecule has 0 spiro atoms. The highest BCUT2D eigenvalue weighted by molar-refractivity contribution is 6.34. The second kappa shape index (κ2) is 8.47. The molecular weight excluding hydrogens is 297 g/mol. The molecule has 1 atom stereocenters. The standard InChI is InChI=1S/C14H21Cl2N3O/c1-3-19(4-2)6-5-18-13(14(17)20)10-7-11(15)9-12(16)8-10/h7-9,13,18H,3-6H2,1-2H3,(H2,17,20). The highest BCUT2D eigenvalue weighted by atomic mass is 35.5. The molecule has 1 aromatic carbocycles. The van der Waals surface area contributed by atoms with Gasteiger partial charge in [0.1, 0.15) is 6.04 Å². The molecule has 0 heterocycles. The lowest BCUT2D eigenvalue weighted by Gasteiger charge is -2.21. The number of nitrogens with two attached hydrogens (primary N) is 1. The number of primary amides is 1. The number of nitrogens with one attached hydrogen (secondary N) is 1. The van der Waals surface area contributed by atoms with Crippen molar-refractivity contribution in [3.63, 3.8) is 0 Å². The van der Waals surface area contributed by atoms with Crippen LogP contribution in [0.25, 0.3) is 0 Å². The van der Waals surface area contributed by atoms with Crippen LogP contribution >= 0.6 is 23.2 Å². The average molecular weight is 318 g/mol. The topological polar surface area (TPSA) is 58.4 Å². The van der Waals surface area contributed by atoms with Gasteiger partial charge in [0.15, 0.2) is 0 Å². The Morgan fingerprint density at radius 2 is 1.80 bits per heavy atom.